The molecular weight excluding hydrogens is 417 g/mol. The van der Waals surface area contributed by atoms with Crippen molar-refractivity contribution in [3.8, 4) is 0 Å². The van der Waals surface area contributed by atoms with Crippen molar-refractivity contribution in [2.75, 3.05) is 26.7 Å². The van der Waals surface area contributed by atoms with E-state index in [0.29, 0.717) is 5.76 Å². The summed E-state index contributed by atoms with van der Waals surface area (Å²) in [5.41, 5.74) is -1.10. The Balaban J connectivity index is 0.00000529. The van der Waals surface area contributed by atoms with Gasteiger partial charge in [0.25, 0.3) is 0 Å². The summed E-state index contributed by atoms with van der Waals surface area (Å²) in [6.45, 7) is 9.48. The molecule has 6 heteroatoms. The molecule has 5 nitrogen and oxygen atoms in total. The maximum absolute atomic E-state index is 10.5. The van der Waals surface area contributed by atoms with Crippen molar-refractivity contribution in [3.05, 3.63) is 36.8 Å². The lowest BCUT2D eigenvalue weighted by molar-refractivity contribution is 0.0435. The van der Waals surface area contributed by atoms with Crippen LogP contribution in [0.5, 0.6) is 0 Å². The molecule has 0 bridgehead atoms. The summed E-state index contributed by atoms with van der Waals surface area (Å²) >= 11 is 0. The zero-order valence-corrected chi connectivity index (χ0v) is 17.5. The van der Waals surface area contributed by atoms with Crippen LogP contribution in [-0.4, -0.2) is 42.6 Å². The molecule has 0 aromatic carbocycles. The number of aliphatic imine (C=N–C) groups is 1. The van der Waals surface area contributed by atoms with Crippen LogP contribution in [0.2, 0.25) is 0 Å². The molecule has 1 heterocycles. The lowest BCUT2D eigenvalue weighted by Crippen LogP contribution is -2.40. The number of unbranched alkanes of at least 4 members (excludes halogenated alkanes) is 3. The summed E-state index contributed by atoms with van der Waals surface area (Å²) < 4.78 is 5.29. The molecule has 1 aromatic heterocycles. The minimum atomic E-state index is -1.10. The number of rotatable bonds is 10. The molecule has 0 aliphatic carbocycles. The molecule has 0 spiro atoms. The average molecular weight is 449 g/mol. The van der Waals surface area contributed by atoms with Gasteiger partial charge in [-0.15, -0.1) is 30.6 Å². The second-order valence-corrected chi connectivity index (χ2v) is 5.98. The molecule has 1 atom stereocenters. The fourth-order valence-electron chi connectivity index (χ4n) is 2.28. The van der Waals surface area contributed by atoms with Crippen molar-refractivity contribution in [3.63, 3.8) is 0 Å². The maximum Gasteiger partial charge on any atom is 0.193 e. The van der Waals surface area contributed by atoms with Gasteiger partial charge in [0, 0.05) is 20.1 Å². The number of aliphatic hydroxyl groups is 1. The Bertz CT molecular complexity index is 473. The molecular formula is C18H32IN3O2. The van der Waals surface area contributed by atoms with Crippen molar-refractivity contribution in [1.82, 2.24) is 10.2 Å². The monoisotopic (exact) mass is 449 g/mol. The molecule has 0 fully saturated rings. The first-order chi connectivity index (χ1) is 11.0. The Labute approximate surface area is 163 Å². The van der Waals surface area contributed by atoms with Gasteiger partial charge in [0.05, 0.1) is 12.8 Å². The Kier molecular flexibility index (Phi) is 11.8. The van der Waals surface area contributed by atoms with E-state index in [1.807, 2.05) is 20.0 Å². The first kappa shape index (κ1) is 23.0. The van der Waals surface area contributed by atoms with Crippen LogP contribution >= 0.6 is 24.0 Å². The molecule has 1 unspecified atom stereocenters. The van der Waals surface area contributed by atoms with Gasteiger partial charge < -0.3 is 19.7 Å². The first-order valence-corrected chi connectivity index (χ1v) is 8.38. The van der Waals surface area contributed by atoms with Gasteiger partial charge in [0.1, 0.15) is 11.4 Å². The summed E-state index contributed by atoms with van der Waals surface area (Å²) in [6.07, 6.45) is 8.07. The van der Waals surface area contributed by atoms with Crippen LogP contribution in [0.25, 0.3) is 0 Å². The van der Waals surface area contributed by atoms with E-state index in [-0.39, 0.29) is 30.5 Å². The smallest absolute Gasteiger partial charge is 0.193 e. The molecule has 0 amide bonds. The summed E-state index contributed by atoms with van der Waals surface area (Å²) in [7, 11) is 2.02. The average Bonchev–Trinajstić information content (AvgIpc) is 3.06. The van der Waals surface area contributed by atoms with Gasteiger partial charge in [-0.05, 0) is 45.2 Å². The van der Waals surface area contributed by atoms with Crippen LogP contribution in [0.4, 0.5) is 0 Å². The molecule has 0 aliphatic rings. The summed E-state index contributed by atoms with van der Waals surface area (Å²) in [5, 5.41) is 13.8. The van der Waals surface area contributed by atoms with Crippen LogP contribution in [0.1, 0.15) is 45.3 Å². The number of furan rings is 1. The Morgan fingerprint density at radius 3 is 2.79 bits per heavy atom. The van der Waals surface area contributed by atoms with Gasteiger partial charge in [-0.25, -0.2) is 4.99 Å². The molecule has 24 heavy (non-hydrogen) atoms. The van der Waals surface area contributed by atoms with Crippen molar-refractivity contribution in [2.45, 2.75) is 45.1 Å². The number of nitrogens with one attached hydrogen (secondary N) is 1. The lowest BCUT2D eigenvalue weighted by Gasteiger charge is -2.24. The second kappa shape index (κ2) is 12.4. The molecule has 138 valence electrons. The van der Waals surface area contributed by atoms with Crippen LogP contribution in [-0.2, 0) is 5.60 Å². The Hall–Kier alpha value is -1.02. The highest BCUT2D eigenvalue weighted by Gasteiger charge is 2.26. The van der Waals surface area contributed by atoms with Gasteiger partial charge in [-0.3, -0.25) is 0 Å². The van der Waals surface area contributed by atoms with Gasteiger partial charge in [0.2, 0.25) is 0 Å². The van der Waals surface area contributed by atoms with E-state index in [0.717, 1.165) is 31.9 Å². The molecule has 0 radical (unpaired) electrons. The van der Waals surface area contributed by atoms with Crippen molar-refractivity contribution < 1.29 is 9.52 Å². The molecule has 2 N–H and O–H groups in total. The Morgan fingerprint density at radius 1 is 1.46 bits per heavy atom. The molecule has 0 saturated carbocycles. The topological polar surface area (TPSA) is 61.0 Å². The van der Waals surface area contributed by atoms with Crippen LogP contribution in [0, 0.1) is 0 Å². The maximum atomic E-state index is 10.5. The number of allylic oxidation sites excluding steroid dienone is 1. The highest BCUT2D eigenvalue weighted by Crippen LogP contribution is 2.21. The number of halogens is 1. The Morgan fingerprint density at radius 2 is 2.21 bits per heavy atom. The van der Waals surface area contributed by atoms with Gasteiger partial charge >= 0.3 is 0 Å². The van der Waals surface area contributed by atoms with Crippen molar-refractivity contribution in [1.29, 1.82) is 0 Å². The van der Waals surface area contributed by atoms with Gasteiger partial charge in [0.15, 0.2) is 5.96 Å². The van der Waals surface area contributed by atoms with Crippen molar-refractivity contribution >= 4 is 29.9 Å². The molecule has 1 aromatic rings. The van der Waals surface area contributed by atoms with Crippen molar-refractivity contribution in [2.24, 2.45) is 4.99 Å². The van der Waals surface area contributed by atoms with Crippen LogP contribution in [0.3, 0.4) is 0 Å². The number of hydrogen-bond acceptors (Lipinski definition) is 3. The normalized spacial score (nSPS) is 13.8. The van der Waals surface area contributed by atoms with E-state index in [2.05, 4.69) is 21.8 Å². The highest BCUT2D eigenvalue weighted by atomic mass is 127. The van der Waals surface area contributed by atoms with E-state index < -0.39 is 5.60 Å². The predicted molar refractivity (Wildman–Crippen MR) is 111 cm³/mol. The number of hydrogen-bond donors (Lipinski definition) is 2. The van der Waals surface area contributed by atoms with E-state index >= 15 is 0 Å². The quantitative estimate of drug-likeness (QED) is 0.188. The van der Waals surface area contributed by atoms with Gasteiger partial charge in [-0.1, -0.05) is 12.5 Å². The first-order valence-electron chi connectivity index (χ1n) is 8.38. The zero-order chi connectivity index (χ0) is 17.1. The third kappa shape index (κ3) is 8.19. The third-order valence-electron chi connectivity index (χ3n) is 3.69. The van der Waals surface area contributed by atoms with Crippen LogP contribution in [0.15, 0.2) is 40.5 Å². The summed E-state index contributed by atoms with van der Waals surface area (Å²) in [5.74, 6) is 1.34. The van der Waals surface area contributed by atoms with E-state index in [9.17, 15) is 5.11 Å². The lowest BCUT2D eigenvalue weighted by atomic mass is 10.0. The molecule has 1 rings (SSSR count). The number of nitrogens with zero attached hydrogens (tertiary/aromatic N) is 2. The van der Waals surface area contributed by atoms with Gasteiger partial charge in [-0.2, -0.15) is 0 Å². The fourth-order valence-corrected chi connectivity index (χ4v) is 2.28. The number of guanidine groups is 1. The highest BCUT2D eigenvalue weighted by molar-refractivity contribution is 14.0. The third-order valence-corrected chi connectivity index (χ3v) is 3.69. The second-order valence-electron chi connectivity index (χ2n) is 5.98. The van der Waals surface area contributed by atoms with E-state index in [4.69, 9.17) is 4.42 Å². The van der Waals surface area contributed by atoms with Crippen LogP contribution < -0.4 is 5.32 Å². The summed E-state index contributed by atoms with van der Waals surface area (Å²) in [6, 6.07) is 3.54. The minimum absolute atomic E-state index is 0. The predicted octanol–water partition coefficient (Wildman–Crippen LogP) is 3.75. The molecule has 0 saturated heterocycles. The van der Waals surface area contributed by atoms with E-state index in [1.165, 1.54) is 12.8 Å². The SMILES string of the molecule is C=CCCCCCN(C)C(=NCC(C)(O)c1ccco1)NCC.I. The fraction of sp³-hybridized carbons (Fsp3) is 0.611. The summed E-state index contributed by atoms with van der Waals surface area (Å²) in [4.78, 5) is 6.67. The zero-order valence-electron chi connectivity index (χ0n) is 15.1. The standard InChI is InChI=1S/C18H31N3O2.HI/c1-5-7-8-9-10-13-21(4)17(19-6-2)20-15-18(3,22)16-12-11-14-23-16;/h5,11-12,14,22H,1,6-10,13,15H2,2-4H3,(H,19,20);1H. The molecule has 0 aliphatic heterocycles. The largest absolute Gasteiger partial charge is 0.466 e. The van der Waals surface area contributed by atoms with E-state index in [1.54, 1.807) is 25.3 Å². The minimum Gasteiger partial charge on any atom is -0.466 e.